The monoisotopic (exact) mass is 585 g/mol. The normalized spacial score (nSPS) is 11.4. The summed E-state index contributed by atoms with van der Waals surface area (Å²) >= 11 is 5.96. The number of hydrogen-bond acceptors (Lipinski definition) is 6. The fraction of sp³-hybridized carbons (Fsp3) is 0.0741. The number of carbonyl (C=O) groups excluding carboxylic acids is 1. The van der Waals surface area contributed by atoms with E-state index in [1.54, 1.807) is 42.5 Å². The molecule has 9 nitrogen and oxygen atoms in total. The number of amides is 1. The van der Waals surface area contributed by atoms with Crippen molar-refractivity contribution in [3.05, 3.63) is 108 Å². The highest BCUT2D eigenvalue weighted by atomic mass is 35.5. The Kier molecular flexibility index (Phi) is 8.44. The molecule has 12 heteroatoms. The van der Waals surface area contributed by atoms with Gasteiger partial charge >= 0.3 is 0 Å². The van der Waals surface area contributed by atoms with Crippen LogP contribution in [0, 0.1) is 0 Å². The number of hydrogen-bond donors (Lipinski definition) is 2. The van der Waals surface area contributed by atoms with E-state index in [0.29, 0.717) is 16.5 Å². The maximum Gasteiger partial charge on any atom is 0.264 e. The Labute approximate surface area is 232 Å². The second-order valence-electron chi connectivity index (χ2n) is 8.21. The minimum atomic E-state index is -4.08. The standard InChI is InChI=1S/C27H24ClN3O6S2/c1-37-24-15-9-22(10-16-24)30-38(33,34)25-17-11-21(12-18-25)29-27(32)19-31(23-13-7-20(28)8-14-23)39(35,36)26-5-3-2-4-6-26/h2-18,30H,19H2,1H3,(H,29,32). The van der Waals surface area contributed by atoms with Crippen molar-refractivity contribution in [1.29, 1.82) is 0 Å². The molecule has 0 aromatic heterocycles. The lowest BCUT2D eigenvalue weighted by Gasteiger charge is -2.24. The molecule has 1 amide bonds. The molecule has 4 aromatic rings. The van der Waals surface area contributed by atoms with Gasteiger partial charge in [-0.05, 0) is 84.9 Å². The van der Waals surface area contributed by atoms with Crippen LogP contribution in [0.1, 0.15) is 0 Å². The van der Waals surface area contributed by atoms with Gasteiger partial charge in [0.25, 0.3) is 20.0 Å². The van der Waals surface area contributed by atoms with Gasteiger partial charge < -0.3 is 10.1 Å². The molecule has 0 radical (unpaired) electrons. The molecule has 0 saturated carbocycles. The van der Waals surface area contributed by atoms with E-state index < -0.39 is 32.5 Å². The molecule has 0 fully saturated rings. The van der Waals surface area contributed by atoms with Crippen LogP contribution in [0.3, 0.4) is 0 Å². The summed E-state index contributed by atoms with van der Waals surface area (Å²) in [6, 6.07) is 25.7. The zero-order chi connectivity index (χ0) is 28.0. The number of nitrogens with zero attached hydrogens (tertiary/aromatic N) is 1. The largest absolute Gasteiger partial charge is 0.497 e. The Morgan fingerprint density at radius 3 is 1.95 bits per heavy atom. The maximum atomic E-state index is 13.4. The Balaban J connectivity index is 1.50. The average Bonchev–Trinajstić information content (AvgIpc) is 2.93. The van der Waals surface area contributed by atoms with Crippen LogP contribution in [0.4, 0.5) is 17.1 Å². The summed E-state index contributed by atoms with van der Waals surface area (Å²) in [5.74, 6) is -0.0411. The van der Waals surface area contributed by atoms with Gasteiger partial charge in [0.05, 0.1) is 22.6 Å². The summed E-state index contributed by atoms with van der Waals surface area (Å²) in [6.07, 6.45) is 0. The highest BCUT2D eigenvalue weighted by Crippen LogP contribution is 2.26. The molecule has 0 heterocycles. The van der Waals surface area contributed by atoms with E-state index >= 15 is 0 Å². The van der Waals surface area contributed by atoms with Crippen LogP contribution in [0.2, 0.25) is 5.02 Å². The molecule has 0 aliphatic carbocycles. The van der Waals surface area contributed by atoms with Crippen molar-refractivity contribution in [2.24, 2.45) is 0 Å². The summed E-state index contributed by atoms with van der Waals surface area (Å²) in [5.41, 5.74) is 0.899. The van der Waals surface area contributed by atoms with Crippen molar-refractivity contribution in [3.63, 3.8) is 0 Å². The zero-order valence-electron chi connectivity index (χ0n) is 20.6. The number of rotatable bonds is 10. The van der Waals surface area contributed by atoms with Gasteiger partial charge in [-0.15, -0.1) is 0 Å². The quantitative estimate of drug-likeness (QED) is 0.271. The second kappa shape index (κ2) is 11.8. The summed E-state index contributed by atoms with van der Waals surface area (Å²) in [6.45, 7) is -0.530. The van der Waals surface area contributed by atoms with Crippen molar-refractivity contribution in [2.75, 3.05) is 28.0 Å². The summed E-state index contributed by atoms with van der Waals surface area (Å²) in [4.78, 5) is 12.9. The van der Waals surface area contributed by atoms with Gasteiger partial charge in [-0.1, -0.05) is 29.8 Å². The van der Waals surface area contributed by atoms with Gasteiger partial charge in [-0.2, -0.15) is 0 Å². The first kappa shape index (κ1) is 28.0. The summed E-state index contributed by atoms with van der Waals surface area (Å²) in [5, 5.41) is 3.03. The number of benzene rings is 4. The van der Waals surface area contributed by atoms with Gasteiger partial charge in [-0.3, -0.25) is 13.8 Å². The van der Waals surface area contributed by atoms with E-state index in [1.165, 1.54) is 67.8 Å². The number of carbonyl (C=O) groups is 1. The Bertz CT molecular complexity index is 1650. The first-order chi connectivity index (χ1) is 18.6. The smallest absolute Gasteiger partial charge is 0.264 e. The zero-order valence-corrected chi connectivity index (χ0v) is 23.0. The van der Waals surface area contributed by atoms with E-state index in [-0.39, 0.29) is 21.2 Å². The van der Waals surface area contributed by atoms with E-state index in [9.17, 15) is 21.6 Å². The molecule has 0 spiro atoms. The predicted octanol–water partition coefficient (Wildman–Crippen LogP) is 4.98. The third-order valence-corrected chi connectivity index (χ3v) is 8.96. The molecule has 0 unspecified atom stereocenters. The molecule has 0 aliphatic heterocycles. The molecule has 4 rings (SSSR count). The van der Waals surface area contributed by atoms with Gasteiger partial charge in [-0.25, -0.2) is 16.8 Å². The summed E-state index contributed by atoms with van der Waals surface area (Å²) < 4.78 is 60.8. The minimum absolute atomic E-state index is 0.0201. The molecular formula is C27H24ClN3O6S2. The molecule has 0 aliphatic rings. The van der Waals surface area contributed by atoms with Crippen LogP contribution in [0.5, 0.6) is 5.75 Å². The number of ether oxygens (including phenoxy) is 1. The second-order valence-corrected chi connectivity index (χ2v) is 12.2. The van der Waals surface area contributed by atoms with Gasteiger partial charge in [0, 0.05) is 16.4 Å². The van der Waals surface area contributed by atoms with Crippen LogP contribution in [0.25, 0.3) is 0 Å². The lowest BCUT2D eigenvalue weighted by atomic mass is 10.3. The average molecular weight is 586 g/mol. The molecule has 39 heavy (non-hydrogen) atoms. The fourth-order valence-electron chi connectivity index (χ4n) is 3.56. The Hall–Kier alpha value is -4.06. The Morgan fingerprint density at radius 2 is 1.36 bits per heavy atom. The minimum Gasteiger partial charge on any atom is -0.497 e. The number of methoxy groups -OCH3 is 1. The van der Waals surface area contributed by atoms with Crippen molar-refractivity contribution < 1.29 is 26.4 Å². The Morgan fingerprint density at radius 1 is 0.769 bits per heavy atom. The van der Waals surface area contributed by atoms with Crippen LogP contribution in [-0.4, -0.2) is 36.4 Å². The van der Waals surface area contributed by atoms with Gasteiger partial charge in [0.1, 0.15) is 12.3 Å². The van der Waals surface area contributed by atoms with Gasteiger partial charge in [0.2, 0.25) is 5.91 Å². The molecule has 202 valence electrons. The van der Waals surface area contributed by atoms with E-state index in [4.69, 9.17) is 16.3 Å². The van der Waals surface area contributed by atoms with Crippen molar-refractivity contribution in [2.45, 2.75) is 9.79 Å². The predicted molar refractivity (Wildman–Crippen MR) is 151 cm³/mol. The van der Waals surface area contributed by atoms with Crippen molar-refractivity contribution in [1.82, 2.24) is 0 Å². The van der Waals surface area contributed by atoms with E-state index in [0.717, 1.165) is 4.31 Å². The molecule has 0 saturated heterocycles. The third-order valence-electron chi connectivity index (χ3n) is 5.52. The molecule has 0 bridgehead atoms. The highest BCUT2D eigenvalue weighted by molar-refractivity contribution is 7.93. The molecule has 4 aromatic carbocycles. The number of nitrogens with one attached hydrogen (secondary N) is 2. The lowest BCUT2D eigenvalue weighted by Crippen LogP contribution is -2.38. The first-order valence-corrected chi connectivity index (χ1v) is 14.8. The van der Waals surface area contributed by atoms with Crippen molar-refractivity contribution in [3.8, 4) is 5.75 Å². The molecular weight excluding hydrogens is 562 g/mol. The van der Waals surface area contributed by atoms with Crippen LogP contribution in [-0.2, 0) is 24.8 Å². The third kappa shape index (κ3) is 6.88. The SMILES string of the molecule is COc1ccc(NS(=O)(=O)c2ccc(NC(=O)CN(c3ccc(Cl)cc3)S(=O)(=O)c3ccccc3)cc2)cc1. The van der Waals surface area contributed by atoms with Crippen molar-refractivity contribution >= 4 is 54.6 Å². The number of anilines is 3. The topological polar surface area (TPSA) is 122 Å². The highest BCUT2D eigenvalue weighted by Gasteiger charge is 2.27. The fourth-order valence-corrected chi connectivity index (χ4v) is 6.19. The van der Waals surface area contributed by atoms with Gasteiger partial charge in [0.15, 0.2) is 0 Å². The number of halogens is 1. The van der Waals surface area contributed by atoms with Crippen LogP contribution in [0.15, 0.2) is 113 Å². The molecule has 0 atom stereocenters. The maximum absolute atomic E-state index is 13.4. The van der Waals surface area contributed by atoms with E-state index in [2.05, 4.69) is 10.0 Å². The van der Waals surface area contributed by atoms with E-state index in [1.807, 2.05) is 0 Å². The summed E-state index contributed by atoms with van der Waals surface area (Å²) in [7, 11) is -6.46. The van der Waals surface area contributed by atoms with Crippen LogP contribution >= 0.6 is 11.6 Å². The lowest BCUT2D eigenvalue weighted by molar-refractivity contribution is -0.114. The van der Waals surface area contributed by atoms with Crippen LogP contribution < -0.4 is 19.1 Å². The molecule has 2 N–H and O–H groups in total. The first-order valence-electron chi connectivity index (χ1n) is 11.5. The number of sulfonamides is 2.